The third kappa shape index (κ3) is 3.67. The van der Waals surface area contributed by atoms with Gasteiger partial charge in [-0.3, -0.25) is 9.78 Å². The first-order chi connectivity index (χ1) is 15.0. The minimum Gasteiger partial charge on any atom is -0.496 e. The van der Waals surface area contributed by atoms with Crippen molar-refractivity contribution in [3.8, 4) is 5.75 Å². The molecule has 1 atom stereocenters. The molecule has 3 aromatic rings. The van der Waals surface area contributed by atoms with E-state index in [9.17, 15) is 13.6 Å². The Morgan fingerprint density at radius 1 is 1.16 bits per heavy atom. The van der Waals surface area contributed by atoms with Gasteiger partial charge in [-0.05, 0) is 42.8 Å². The molecule has 1 unspecified atom stereocenters. The van der Waals surface area contributed by atoms with E-state index < -0.39 is 22.4 Å². The van der Waals surface area contributed by atoms with Crippen LogP contribution >= 0.6 is 11.8 Å². The number of para-hydroxylation sites is 1. The van der Waals surface area contributed by atoms with Crippen LogP contribution in [0.2, 0.25) is 0 Å². The second kappa shape index (κ2) is 8.47. The average Bonchev–Trinajstić information content (AvgIpc) is 3.21. The topological polar surface area (TPSA) is 54.8 Å². The van der Waals surface area contributed by atoms with Gasteiger partial charge in [0.15, 0.2) is 0 Å². The maximum Gasteiger partial charge on any atom is 0.277 e. The molecular weight excluding hydrogens is 420 g/mol. The van der Waals surface area contributed by atoms with Gasteiger partial charge in [-0.25, -0.2) is 13.8 Å². The van der Waals surface area contributed by atoms with Gasteiger partial charge in [0, 0.05) is 23.5 Å². The fraction of sp³-hybridized carbons (Fsp3) is 0.174. The van der Waals surface area contributed by atoms with E-state index in [0.717, 1.165) is 18.2 Å². The van der Waals surface area contributed by atoms with Gasteiger partial charge < -0.3 is 4.74 Å². The second-order valence-corrected chi connectivity index (χ2v) is 8.09. The standard InChI is InChI=1S/C23H19F2N3O2S/c1-3-23(18-8-4-5-9-20(18)30-2)28(22(29)15-7-6-12-26-14-15)27-21(31-23)17-13-16(24)10-11-19(17)25/h4-14H,3H2,1-2H3. The van der Waals surface area contributed by atoms with Crippen LogP contribution in [0, 0.1) is 11.6 Å². The Labute approximate surface area is 182 Å². The van der Waals surface area contributed by atoms with E-state index in [2.05, 4.69) is 10.1 Å². The Bertz CT molecular complexity index is 1160. The molecule has 5 nitrogen and oxygen atoms in total. The zero-order valence-electron chi connectivity index (χ0n) is 16.9. The minimum absolute atomic E-state index is 0.000732. The molecule has 0 saturated carbocycles. The van der Waals surface area contributed by atoms with Crippen molar-refractivity contribution in [3.05, 3.63) is 95.3 Å². The molecular formula is C23H19F2N3O2S. The molecule has 1 amide bonds. The summed E-state index contributed by atoms with van der Waals surface area (Å²) in [5, 5.41) is 6.02. The van der Waals surface area contributed by atoms with Crippen molar-refractivity contribution in [2.45, 2.75) is 18.2 Å². The van der Waals surface area contributed by atoms with Gasteiger partial charge in [-0.15, -0.1) is 0 Å². The van der Waals surface area contributed by atoms with Gasteiger partial charge in [-0.1, -0.05) is 36.9 Å². The summed E-state index contributed by atoms with van der Waals surface area (Å²) in [4.78, 5) is 16.5. The van der Waals surface area contributed by atoms with Crippen LogP contribution in [-0.2, 0) is 4.87 Å². The first-order valence-corrected chi connectivity index (χ1v) is 10.4. The van der Waals surface area contributed by atoms with Crippen molar-refractivity contribution in [1.29, 1.82) is 0 Å². The molecule has 4 rings (SSSR count). The highest BCUT2D eigenvalue weighted by molar-refractivity contribution is 8.15. The number of carbonyl (C=O) groups is 1. The molecule has 2 aromatic carbocycles. The number of hydrogen-bond acceptors (Lipinski definition) is 5. The number of carbonyl (C=O) groups excluding carboxylic acids is 1. The van der Waals surface area contributed by atoms with E-state index in [1.165, 1.54) is 23.0 Å². The number of ether oxygens (including phenoxy) is 1. The van der Waals surface area contributed by atoms with Crippen LogP contribution in [0.5, 0.6) is 5.75 Å². The summed E-state index contributed by atoms with van der Waals surface area (Å²) in [6.07, 6.45) is 3.46. The molecule has 1 aliphatic heterocycles. The number of hydrazone groups is 1. The van der Waals surface area contributed by atoms with Crippen LogP contribution < -0.4 is 4.74 Å². The predicted octanol–water partition coefficient (Wildman–Crippen LogP) is 5.18. The van der Waals surface area contributed by atoms with E-state index in [4.69, 9.17) is 4.74 Å². The lowest BCUT2D eigenvalue weighted by atomic mass is 10.0. The van der Waals surface area contributed by atoms with Crippen LogP contribution in [0.3, 0.4) is 0 Å². The number of nitrogens with zero attached hydrogens (tertiary/aromatic N) is 3. The van der Waals surface area contributed by atoms with Gasteiger partial charge in [-0.2, -0.15) is 5.10 Å². The van der Waals surface area contributed by atoms with Crippen molar-refractivity contribution < 1.29 is 18.3 Å². The normalized spacial score (nSPS) is 18.1. The Morgan fingerprint density at radius 3 is 2.68 bits per heavy atom. The molecule has 0 N–H and O–H groups in total. The highest BCUT2D eigenvalue weighted by Gasteiger charge is 2.49. The molecule has 0 aliphatic carbocycles. The number of thioether (sulfide) groups is 1. The lowest BCUT2D eigenvalue weighted by Gasteiger charge is -2.35. The Kier molecular flexibility index (Phi) is 5.73. The van der Waals surface area contributed by atoms with E-state index >= 15 is 0 Å². The lowest BCUT2D eigenvalue weighted by Crippen LogP contribution is -2.41. The van der Waals surface area contributed by atoms with Crippen molar-refractivity contribution in [1.82, 2.24) is 9.99 Å². The quantitative estimate of drug-likeness (QED) is 0.550. The maximum absolute atomic E-state index is 14.6. The van der Waals surface area contributed by atoms with Crippen LogP contribution in [0.25, 0.3) is 0 Å². The molecule has 8 heteroatoms. The number of halogens is 2. The summed E-state index contributed by atoms with van der Waals surface area (Å²) in [7, 11) is 1.54. The van der Waals surface area contributed by atoms with E-state index in [1.807, 2.05) is 25.1 Å². The SMILES string of the molecule is CCC1(c2ccccc2OC)SC(c2cc(F)ccc2F)=NN1C(=O)c1cccnc1. The molecule has 0 fully saturated rings. The zero-order chi connectivity index (χ0) is 22.0. The molecule has 1 aromatic heterocycles. The van der Waals surface area contributed by atoms with Gasteiger partial charge in [0.05, 0.1) is 12.7 Å². The lowest BCUT2D eigenvalue weighted by molar-refractivity contribution is 0.0642. The zero-order valence-corrected chi connectivity index (χ0v) is 17.7. The van der Waals surface area contributed by atoms with Crippen molar-refractivity contribution in [2.24, 2.45) is 5.10 Å². The molecule has 0 spiro atoms. The van der Waals surface area contributed by atoms with E-state index in [1.54, 1.807) is 31.5 Å². The largest absolute Gasteiger partial charge is 0.496 e. The molecule has 2 heterocycles. The van der Waals surface area contributed by atoms with E-state index in [0.29, 0.717) is 23.3 Å². The molecule has 31 heavy (non-hydrogen) atoms. The summed E-state index contributed by atoms with van der Waals surface area (Å²) in [6.45, 7) is 1.91. The summed E-state index contributed by atoms with van der Waals surface area (Å²) in [5.74, 6) is -1.04. The minimum atomic E-state index is -1.02. The van der Waals surface area contributed by atoms with Crippen molar-refractivity contribution in [2.75, 3.05) is 7.11 Å². The molecule has 0 radical (unpaired) electrons. The van der Waals surface area contributed by atoms with Crippen molar-refractivity contribution in [3.63, 3.8) is 0 Å². The molecule has 158 valence electrons. The van der Waals surface area contributed by atoms with Crippen LogP contribution in [0.1, 0.15) is 34.8 Å². The molecule has 0 saturated heterocycles. The Balaban J connectivity index is 1.91. The van der Waals surface area contributed by atoms with E-state index in [-0.39, 0.29) is 10.6 Å². The van der Waals surface area contributed by atoms with Crippen molar-refractivity contribution >= 4 is 22.7 Å². The summed E-state index contributed by atoms with van der Waals surface area (Å²) in [5.41, 5.74) is 1.04. The number of amides is 1. The van der Waals surface area contributed by atoms with Gasteiger partial charge in [0.25, 0.3) is 5.91 Å². The number of hydrogen-bond donors (Lipinski definition) is 0. The smallest absolute Gasteiger partial charge is 0.277 e. The highest BCUT2D eigenvalue weighted by Crippen LogP contribution is 2.52. The number of aromatic nitrogens is 1. The van der Waals surface area contributed by atoms with Gasteiger partial charge in [0.1, 0.15) is 27.3 Å². The van der Waals surface area contributed by atoms with Crippen LogP contribution in [0.4, 0.5) is 8.78 Å². The highest BCUT2D eigenvalue weighted by atomic mass is 32.2. The summed E-state index contributed by atoms with van der Waals surface area (Å²) >= 11 is 1.20. The predicted molar refractivity (Wildman–Crippen MR) is 116 cm³/mol. The third-order valence-corrected chi connectivity index (χ3v) is 6.58. The summed E-state index contributed by atoms with van der Waals surface area (Å²) < 4.78 is 34.0. The fourth-order valence-electron chi connectivity index (χ4n) is 3.54. The first-order valence-electron chi connectivity index (χ1n) is 9.61. The Morgan fingerprint density at radius 2 is 1.97 bits per heavy atom. The second-order valence-electron chi connectivity index (χ2n) is 6.83. The number of pyridine rings is 1. The molecule has 1 aliphatic rings. The Hall–Kier alpha value is -3.26. The monoisotopic (exact) mass is 439 g/mol. The third-order valence-electron chi connectivity index (χ3n) is 5.07. The van der Waals surface area contributed by atoms with Crippen LogP contribution in [0.15, 0.2) is 72.1 Å². The number of benzene rings is 2. The van der Waals surface area contributed by atoms with Crippen LogP contribution in [-0.4, -0.2) is 28.1 Å². The maximum atomic E-state index is 14.6. The van der Waals surface area contributed by atoms with Gasteiger partial charge in [0.2, 0.25) is 0 Å². The number of rotatable bonds is 5. The molecule has 0 bridgehead atoms. The summed E-state index contributed by atoms with van der Waals surface area (Å²) in [6, 6.07) is 13.8. The van der Waals surface area contributed by atoms with Gasteiger partial charge >= 0.3 is 0 Å². The number of methoxy groups -OCH3 is 1. The fourth-order valence-corrected chi connectivity index (χ4v) is 4.88. The average molecular weight is 439 g/mol. The first kappa shape index (κ1) is 21.0.